The summed E-state index contributed by atoms with van der Waals surface area (Å²) in [5.74, 6) is 0.665. The number of carbonyl (C=O) groups excluding carboxylic acids is 1. The Hall–Kier alpha value is -2.64. The van der Waals surface area contributed by atoms with E-state index in [-0.39, 0.29) is 5.91 Å². The van der Waals surface area contributed by atoms with E-state index in [4.69, 9.17) is 4.74 Å². The van der Waals surface area contributed by atoms with Crippen LogP contribution in [0, 0.1) is 0 Å². The first kappa shape index (κ1) is 20.6. The fraction of sp³-hybridized carbons (Fsp3) is 0.348. The Morgan fingerprint density at radius 2 is 1.80 bits per heavy atom. The maximum Gasteiger partial charge on any atom is 0.247 e. The molecule has 6 nitrogen and oxygen atoms in total. The van der Waals surface area contributed by atoms with E-state index in [9.17, 15) is 13.2 Å². The summed E-state index contributed by atoms with van der Waals surface area (Å²) in [6, 6.07) is 12.6. The average molecular weight is 427 g/mol. The van der Waals surface area contributed by atoms with E-state index in [1.54, 1.807) is 35.7 Å². The zero-order chi connectivity index (χ0) is 21.1. The molecule has 0 aromatic heterocycles. The minimum Gasteiger partial charge on any atom is -0.497 e. The highest BCUT2D eigenvalue weighted by molar-refractivity contribution is 7.89. The summed E-state index contributed by atoms with van der Waals surface area (Å²) >= 11 is 0. The Balaban J connectivity index is 1.36. The van der Waals surface area contributed by atoms with Gasteiger partial charge in [0.25, 0.3) is 0 Å². The number of benzene rings is 2. The maximum atomic E-state index is 12.7. The maximum absolute atomic E-state index is 12.7. The van der Waals surface area contributed by atoms with Crippen molar-refractivity contribution in [1.29, 1.82) is 0 Å². The van der Waals surface area contributed by atoms with E-state index in [0.717, 1.165) is 41.7 Å². The molecule has 1 amide bonds. The van der Waals surface area contributed by atoms with Crippen LogP contribution in [-0.2, 0) is 27.8 Å². The number of piperidine rings is 1. The molecule has 0 unspecified atom stereocenters. The fourth-order valence-electron chi connectivity index (χ4n) is 3.92. The van der Waals surface area contributed by atoms with Crippen molar-refractivity contribution in [3.63, 3.8) is 0 Å². The standard InChI is InChI=1S/C23H26N2O4S/c1-29-21-8-7-18-13-20(14-19(18)15-21)23(26)24-16-17-5-9-22(10-6-17)30(27,28)25-11-3-2-4-12-25/h5-10,13,15H,2-4,11-12,14,16H2,1H3,(H,24,26). The molecule has 2 aliphatic rings. The molecule has 0 spiro atoms. The van der Waals surface area contributed by atoms with E-state index >= 15 is 0 Å². The van der Waals surface area contributed by atoms with Crippen molar-refractivity contribution in [2.45, 2.75) is 37.1 Å². The van der Waals surface area contributed by atoms with Crippen LogP contribution in [0.2, 0.25) is 0 Å². The third kappa shape index (κ3) is 4.27. The van der Waals surface area contributed by atoms with Gasteiger partial charge in [-0.1, -0.05) is 24.6 Å². The molecule has 1 N–H and O–H groups in total. The van der Waals surface area contributed by atoms with Gasteiger partial charge >= 0.3 is 0 Å². The predicted molar refractivity (Wildman–Crippen MR) is 116 cm³/mol. The van der Waals surface area contributed by atoms with Crippen LogP contribution in [0.15, 0.2) is 52.9 Å². The van der Waals surface area contributed by atoms with Crippen LogP contribution in [0.1, 0.15) is 36.0 Å². The topological polar surface area (TPSA) is 75.7 Å². The van der Waals surface area contributed by atoms with Gasteiger partial charge in [-0.3, -0.25) is 4.79 Å². The van der Waals surface area contributed by atoms with Crippen LogP contribution in [0.5, 0.6) is 5.75 Å². The van der Waals surface area contributed by atoms with Gasteiger partial charge in [-0.25, -0.2) is 8.42 Å². The molecular formula is C23H26N2O4S. The summed E-state index contributed by atoms with van der Waals surface area (Å²) in [6.45, 7) is 1.52. The number of nitrogens with zero attached hydrogens (tertiary/aromatic N) is 1. The lowest BCUT2D eigenvalue weighted by molar-refractivity contribution is -0.117. The lowest BCUT2D eigenvalue weighted by Crippen LogP contribution is -2.35. The van der Waals surface area contributed by atoms with Crippen molar-refractivity contribution >= 4 is 22.0 Å². The van der Waals surface area contributed by atoms with Crippen molar-refractivity contribution in [1.82, 2.24) is 9.62 Å². The van der Waals surface area contributed by atoms with Gasteiger partial charge < -0.3 is 10.1 Å². The molecule has 2 aromatic carbocycles. The summed E-state index contributed by atoms with van der Waals surface area (Å²) in [6.07, 6.45) is 5.38. The first-order valence-electron chi connectivity index (χ1n) is 10.2. The van der Waals surface area contributed by atoms with Crippen molar-refractivity contribution in [3.05, 3.63) is 64.7 Å². The van der Waals surface area contributed by atoms with Crippen LogP contribution >= 0.6 is 0 Å². The number of methoxy groups -OCH3 is 1. The lowest BCUT2D eigenvalue weighted by atomic mass is 10.1. The van der Waals surface area contributed by atoms with Crippen LogP contribution in [0.3, 0.4) is 0 Å². The molecule has 7 heteroatoms. The van der Waals surface area contributed by atoms with Gasteiger partial charge in [0.1, 0.15) is 5.75 Å². The van der Waals surface area contributed by atoms with Gasteiger partial charge in [-0.05, 0) is 59.9 Å². The fourth-order valence-corrected chi connectivity index (χ4v) is 5.44. The summed E-state index contributed by atoms with van der Waals surface area (Å²) in [5, 5.41) is 2.93. The van der Waals surface area contributed by atoms with E-state index in [0.29, 0.717) is 36.5 Å². The molecule has 1 saturated heterocycles. The van der Waals surface area contributed by atoms with Gasteiger partial charge in [0.2, 0.25) is 15.9 Å². The van der Waals surface area contributed by atoms with Crippen molar-refractivity contribution in [3.8, 4) is 5.75 Å². The Kier molecular flexibility index (Phi) is 5.92. The smallest absolute Gasteiger partial charge is 0.247 e. The minimum atomic E-state index is -3.43. The van der Waals surface area contributed by atoms with Gasteiger partial charge in [0.15, 0.2) is 0 Å². The van der Waals surface area contributed by atoms with E-state index in [1.165, 1.54) is 0 Å². The van der Waals surface area contributed by atoms with E-state index in [1.807, 2.05) is 24.3 Å². The second kappa shape index (κ2) is 8.62. The number of ether oxygens (including phenoxy) is 1. The molecule has 4 rings (SSSR count). The number of fused-ring (bicyclic) bond motifs is 1. The first-order chi connectivity index (χ1) is 14.5. The molecule has 0 radical (unpaired) electrons. The van der Waals surface area contributed by atoms with Crippen molar-refractivity contribution < 1.29 is 17.9 Å². The molecule has 1 aliphatic carbocycles. The molecule has 2 aromatic rings. The Bertz CT molecular complexity index is 1070. The molecule has 1 fully saturated rings. The second-order valence-electron chi connectivity index (χ2n) is 7.70. The zero-order valence-corrected chi connectivity index (χ0v) is 17.9. The zero-order valence-electron chi connectivity index (χ0n) is 17.1. The highest BCUT2D eigenvalue weighted by atomic mass is 32.2. The second-order valence-corrected chi connectivity index (χ2v) is 9.64. The Morgan fingerprint density at radius 1 is 1.07 bits per heavy atom. The molecule has 0 atom stereocenters. The Morgan fingerprint density at radius 3 is 2.50 bits per heavy atom. The number of amides is 1. The molecule has 1 aliphatic heterocycles. The molecule has 0 bridgehead atoms. The quantitative estimate of drug-likeness (QED) is 0.770. The summed E-state index contributed by atoms with van der Waals surface area (Å²) in [7, 11) is -1.81. The largest absolute Gasteiger partial charge is 0.497 e. The third-order valence-electron chi connectivity index (χ3n) is 5.68. The van der Waals surface area contributed by atoms with Crippen LogP contribution in [0.4, 0.5) is 0 Å². The van der Waals surface area contributed by atoms with Crippen LogP contribution in [0.25, 0.3) is 6.08 Å². The summed E-state index contributed by atoms with van der Waals surface area (Å²) < 4.78 is 32.3. The lowest BCUT2D eigenvalue weighted by Gasteiger charge is -2.25. The van der Waals surface area contributed by atoms with Crippen molar-refractivity contribution in [2.75, 3.05) is 20.2 Å². The van der Waals surface area contributed by atoms with E-state index in [2.05, 4.69) is 5.32 Å². The van der Waals surface area contributed by atoms with E-state index < -0.39 is 10.0 Å². The predicted octanol–water partition coefficient (Wildman–Crippen LogP) is 3.13. The number of carbonyl (C=O) groups is 1. The van der Waals surface area contributed by atoms with Gasteiger partial charge in [0, 0.05) is 31.6 Å². The first-order valence-corrected chi connectivity index (χ1v) is 11.7. The molecule has 0 saturated carbocycles. The highest BCUT2D eigenvalue weighted by Gasteiger charge is 2.25. The minimum absolute atomic E-state index is 0.116. The SMILES string of the molecule is COc1ccc2c(c1)CC(C(=O)NCc1ccc(S(=O)(=O)N3CCCCC3)cc1)=C2. The van der Waals surface area contributed by atoms with Gasteiger partial charge in [-0.15, -0.1) is 0 Å². The number of rotatable bonds is 6. The van der Waals surface area contributed by atoms with Gasteiger partial charge in [-0.2, -0.15) is 4.31 Å². The van der Waals surface area contributed by atoms with Crippen LogP contribution < -0.4 is 10.1 Å². The summed E-state index contributed by atoms with van der Waals surface area (Å²) in [4.78, 5) is 12.9. The molecule has 158 valence electrons. The monoisotopic (exact) mass is 426 g/mol. The molecule has 1 heterocycles. The molecular weight excluding hydrogens is 400 g/mol. The highest BCUT2D eigenvalue weighted by Crippen LogP contribution is 2.28. The van der Waals surface area contributed by atoms with Crippen molar-refractivity contribution in [2.24, 2.45) is 0 Å². The average Bonchev–Trinajstić information content (AvgIpc) is 3.21. The van der Waals surface area contributed by atoms with Gasteiger partial charge in [0.05, 0.1) is 12.0 Å². The number of hydrogen-bond donors (Lipinski definition) is 1. The number of sulfonamides is 1. The normalized spacial score (nSPS) is 16.6. The third-order valence-corrected chi connectivity index (χ3v) is 7.59. The summed E-state index contributed by atoms with van der Waals surface area (Å²) in [5.41, 5.74) is 3.68. The Labute approximate surface area is 177 Å². The van der Waals surface area contributed by atoms with Crippen LogP contribution in [-0.4, -0.2) is 38.8 Å². The molecule has 30 heavy (non-hydrogen) atoms. The number of hydrogen-bond acceptors (Lipinski definition) is 4. The number of nitrogens with one attached hydrogen (secondary N) is 1.